The molecule has 8 heteroatoms. The van der Waals surface area contributed by atoms with Crippen LogP contribution in [0.5, 0.6) is 0 Å². The van der Waals surface area contributed by atoms with Crippen LogP contribution < -0.4 is 10.6 Å². The SMILES string of the molecule is COCCOCC(=O)NC1CCCCN(C(=O)C(NC(C)=O)C(C)C)C1. The topological polar surface area (TPSA) is 97.0 Å². The van der Waals surface area contributed by atoms with Crippen LogP contribution in [0.1, 0.15) is 40.0 Å². The molecule has 3 amide bonds. The number of carbonyl (C=O) groups is 3. The molecule has 1 aliphatic heterocycles. The van der Waals surface area contributed by atoms with E-state index in [1.807, 2.05) is 13.8 Å². The van der Waals surface area contributed by atoms with Gasteiger partial charge in [0.2, 0.25) is 17.7 Å². The van der Waals surface area contributed by atoms with E-state index in [1.54, 1.807) is 12.0 Å². The number of hydrogen-bond acceptors (Lipinski definition) is 5. The van der Waals surface area contributed by atoms with E-state index in [1.165, 1.54) is 6.92 Å². The summed E-state index contributed by atoms with van der Waals surface area (Å²) in [6, 6.07) is -0.649. The molecule has 1 saturated heterocycles. The van der Waals surface area contributed by atoms with Crippen LogP contribution in [0.4, 0.5) is 0 Å². The summed E-state index contributed by atoms with van der Waals surface area (Å²) in [5, 5.41) is 5.69. The Kier molecular flexibility index (Phi) is 10.2. The van der Waals surface area contributed by atoms with Gasteiger partial charge in [-0.05, 0) is 25.2 Å². The summed E-state index contributed by atoms with van der Waals surface area (Å²) in [6.07, 6.45) is 2.64. The maximum Gasteiger partial charge on any atom is 0.246 e. The molecule has 1 fully saturated rings. The summed E-state index contributed by atoms with van der Waals surface area (Å²) in [6.45, 7) is 7.11. The van der Waals surface area contributed by atoms with E-state index in [0.717, 1.165) is 19.3 Å². The Labute approximate surface area is 156 Å². The summed E-state index contributed by atoms with van der Waals surface area (Å²) in [5.74, 6) is -0.503. The fourth-order valence-electron chi connectivity index (χ4n) is 2.97. The largest absolute Gasteiger partial charge is 0.382 e. The Morgan fingerprint density at radius 3 is 2.54 bits per heavy atom. The lowest BCUT2D eigenvalue weighted by atomic mass is 10.0. The predicted octanol–water partition coefficient (Wildman–Crippen LogP) is 0.307. The molecule has 1 aliphatic rings. The third-order valence-corrected chi connectivity index (χ3v) is 4.30. The van der Waals surface area contributed by atoms with Gasteiger partial charge in [0.1, 0.15) is 12.6 Å². The van der Waals surface area contributed by atoms with Gasteiger partial charge in [-0.2, -0.15) is 0 Å². The fourth-order valence-corrected chi connectivity index (χ4v) is 2.97. The highest BCUT2D eigenvalue weighted by atomic mass is 16.5. The molecule has 0 aromatic carbocycles. The number of methoxy groups -OCH3 is 1. The Hall–Kier alpha value is -1.67. The molecule has 8 nitrogen and oxygen atoms in total. The minimum Gasteiger partial charge on any atom is -0.382 e. The first kappa shape index (κ1) is 22.4. The molecule has 26 heavy (non-hydrogen) atoms. The Morgan fingerprint density at radius 2 is 1.92 bits per heavy atom. The third-order valence-electron chi connectivity index (χ3n) is 4.30. The molecule has 0 spiro atoms. The summed E-state index contributed by atoms with van der Waals surface area (Å²) < 4.78 is 10.1. The van der Waals surface area contributed by atoms with Crippen LogP contribution in [-0.2, 0) is 23.9 Å². The van der Waals surface area contributed by atoms with Gasteiger partial charge < -0.3 is 25.0 Å². The maximum absolute atomic E-state index is 12.9. The number of carbonyl (C=O) groups excluding carboxylic acids is 3. The van der Waals surface area contributed by atoms with E-state index in [-0.39, 0.29) is 36.3 Å². The molecule has 2 unspecified atom stereocenters. The van der Waals surface area contributed by atoms with Gasteiger partial charge in [-0.15, -0.1) is 0 Å². The van der Waals surface area contributed by atoms with Gasteiger partial charge in [-0.3, -0.25) is 14.4 Å². The van der Waals surface area contributed by atoms with Crippen molar-refractivity contribution in [3.8, 4) is 0 Å². The maximum atomic E-state index is 12.9. The van der Waals surface area contributed by atoms with Gasteiger partial charge in [0, 0.05) is 33.2 Å². The molecule has 1 heterocycles. The van der Waals surface area contributed by atoms with Gasteiger partial charge in [-0.25, -0.2) is 0 Å². The number of nitrogens with one attached hydrogen (secondary N) is 2. The summed E-state index contributed by atoms with van der Waals surface area (Å²) in [7, 11) is 1.58. The Bertz CT molecular complexity index is 470. The minimum atomic E-state index is -0.542. The lowest BCUT2D eigenvalue weighted by Crippen LogP contribution is -2.53. The average Bonchev–Trinajstić information content (AvgIpc) is 2.81. The number of hydrogen-bond donors (Lipinski definition) is 2. The highest BCUT2D eigenvalue weighted by molar-refractivity contribution is 5.87. The van der Waals surface area contributed by atoms with Crippen LogP contribution in [0, 0.1) is 5.92 Å². The van der Waals surface area contributed by atoms with Crippen molar-refractivity contribution in [1.29, 1.82) is 0 Å². The molecule has 2 atom stereocenters. The Morgan fingerprint density at radius 1 is 1.19 bits per heavy atom. The van der Waals surface area contributed by atoms with Gasteiger partial charge in [0.15, 0.2) is 0 Å². The van der Waals surface area contributed by atoms with Gasteiger partial charge in [0.25, 0.3) is 0 Å². The molecule has 0 radical (unpaired) electrons. The zero-order chi connectivity index (χ0) is 19.5. The summed E-state index contributed by atoms with van der Waals surface area (Å²) >= 11 is 0. The van der Waals surface area contributed by atoms with Crippen LogP contribution in [0.3, 0.4) is 0 Å². The standard InChI is InChI=1S/C18H33N3O5/c1-13(2)17(19-14(3)22)18(24)21-8-6-5-7-15(11-21)20-16(23)12-26-10-9-25-4/h13,15,17H,5-12H2,1-4H3,(H,19,22)(H,20,23). The van der Waals surface area contributed by atoms with E-state index >= 15 is 0 Å². The Balaban J connectivity index is 2.60. The highest BCUT2D eigenvalue weighted by Gasteiger charge is 2.30. The van der Waals surface area contributed by atoms with Crippen LogP contribution in [-0.4, -0.2) is 74.7 Å². The van der Waals surface area contributed by atoms with Crippen molar-refractivity contribution in [3.63, 3.8) is 0 Å². The summed E-state index contributed by atoms with van der Waals surface area (Å²) in [5.41, 5.74) is 0. The van der Waals surface area contributed by atoms with Crippen molar-refractivity contribution in [2.75, 3.05) is 40.0 Å². The molecule has 0 bridgehead atoms. The molecule has 0 saturated carbocycles. The average molecular weight is 371 g/mol. The van der Waals surface area contributed by atoms with Crippen molar-refractivity contribution in [2.24, 2.45) is 5.92 Å². The number of ether oxygens (including phenoxy) is 2. The van der Waals surface area contributed by atoms with E-state index < -0.39 is 6.04 Å². The summed E-state index contributed by atoms with van der Waals surface area (Å²) in [4.78, 5) is 38.0. The molecule has 0 aromatic heterocycles. The van der Waals surface area contributed by atoms with Crippen LogP contribution in [0.15, 0.2) is 0 Å². The number of amides is 3. The molecule has 150 valence electrons. The third kappa shape index (κ3) is 8.14. The normalized spacial score (nSPS) is 19.0. The van der Waals surface area contributed by atoms with Crippen molar-refractivity contribution < 1.29 is 23.9 Å². The van der Waals surface area contributed by atoms with Gasteiger partial charge in [-0.1, -0.05) is 13.8 Å². The first-order valence-electron chi connectivity index (χ1n) is 9.27. The van der Waals surface area contributed by atoms with E-state index in [2.05, 4.69) is 10.6 Å². The number of nitrogens with zero attached hydrogens (tertiary/aromatic N) is 1. The van der Waals surface area contributed by atoms with Crippen molar-refractivity contribution >= 4 is 17.7 Å². The quantitative estimate of drug-likeness (QED) is 0.569. The molecule has 2 N–H and O–H groups in total. The second kappa shape index (κ2) is 11.9. The first-order valence-corrected chi connectivity index (χ1v) is 9.27. The van der Waals surface area contributed by atoms with Crippen LogP contribution in [0.2, 0.25) is 0 Å². The van der Waals surface area contributed by atoms with Crippen molar-refractivity contribution in [1.82, 2.24) is 15.5 Å². The molecule has 0 aromatic rings. The number of rotatable bonds is 9. The molecule has 1 rings (SSSR count). The van der Waals surface area contributed by atoms with Gasteiger partial charge >= 0.3 is 0 Å². The zero-order valence-electron chi connectivity index (χ0n) is 16.4. The lowest BCUT2D eigenvalue weighted by molar-refractivity contribution is -0.138. The second-order valence-corrected chi connectivity index (χ2v) is 7.01. The van der Waals surface area contributed by atoms with E-state index in [9.17, 15) is 14.4 Å². The van der Waals surface area contributed by atoms with Gasteiger partial charge in [0.05, 0.1) is 13.2 Å². The zero-order valence-corrected chi connectivity index (χ0v) is 16.4. The van der Waals surface area contributed by atoms with E-state index in [4.69, 9.17) is 9.47 Å². The highest BCUT2D eigenvalue weighted by Crippen LogP contribution is 2.14. The van der Waals surface area contributed by atoms with Crippen molar-refractivity contribution in [3.05, 3.63) is 0 Å². The number of likely N-dealkylation sites (tertiary alicyclic amines) is 1. The second-order valence-electron chi connectivity index (χ2n) is 7.01. The minimum absolute atomic E-state index is 0.00289. The molecular weight excluding hydrogens is 338 g/mol. The first-order chi connectivity index (χ1) is 12.3. The molecular formula is C18H33N3O5. The monoisotopic (exact) mass is 371 g/mol. The smallest absolute Gasteiger partial charge is 0.246 e. The van der Waals surface area contributed by atoms with Crippen LogP contribution >= 0.6 is 0 Å². The van der Waals surface area contributed by atoms with Crippen molar-refractivity contribution in [2.45, 2.75) is 52.1 Å². The van der Waals surface area contributed by atoms with Crippen LogP contribution in [0.25, 0.3) is 0 Å². The fraction of sp³-hybridized carbons (Fsp3) is 0.833. The lowest BCUT2D eigenvalue weighted by Gasteiger charge is -2.30. The molecule has 0 aliphatic carbocycles. The van der Waals surface area contributed by atoms with E-state index in [0.29, 0.717) is 26.3 Å². The predicted molar refractivity (Wildman–Crippen MR) is 97.5 cm³/mol.